The molecule has 2 amide bonds. The summed E-state index contributed by atoms with van der Waals surface area (Å²) in [6, 6.07) is 11.9. The molecule has 0 spiro atoms. The molecule has 0 bridgehead atoms. The first-order chi connectivity index (χ1) is 12.1. The van der Waals surface area contributed by atoms with E-state index in [0.717, 1.165) is 5.39 Å². The zero-order valence-corrected chi connectivity index (χ0v) is 13.6. The van der Waals surface area contributed by atoms with E-state index in [9.17, 15) is 9.59 Å². The minimum atomic E-state index is -0.296. The van der Waals surface area contributed by atoms with Gasteiger partial charge in [0.25, 0.3) is 11.8 Å². The van der Waals surface area contributed by atoms with Gasteiger partial charge in [-0.1, -0.05) is 11.6 Å². The number of nitrogens with one attached hydrogen (secondary N) is 2. The van der Waals surface area contributed by atoms with Gasteiger partial charge in [0.15, 0.2) is 6.61 Å². The van der Waals surface area contributed by atoms with Crippen LogP contribution in [-0.2, 0) is 4.79 Å². The summed E-state index contributed by atoms with van der Waals surface area (Å²) in [6.07, 6.45) is 1.65. The average Bonchev–Trinajstić information content (AvgIpc) is 2.63. The number of benzene rings is 2. The highest BCUT2D eigenvalue weighted by atomic mass is 35.5. The minimum Gasteiger partial charge on any atom is -0.482 e. The van der Waals surface area contributed by atoms with Crippen molar-refractivity contribution in [3.63, 3.8) is 0 Å². The summed E-state index contributed by atoms with van der Waals surface area (Å²) in [5.74, 6) is -0.0458. The lowest BCUT2D eigenvalue weighted by molar-refractivity contribution is -0.118. The van der Waals surface area contributed by atoms with Crippen LogP contribution in [0.5, 0.6) is 5.75 Å². The first-order valence-corrected chi connectivity index (χ1v) is 7.91. The molecule has 1 aliphatic rings. The minimum absolute atomic E-state index is 0.0639. The Labute approximate surface area is 147 Å². The normalized spacial score (nSPS) is 12.9. The van der Waals surface area contributed by atoms with Crippen LogP contribution in [0, 0.1) is 0 Å². The summed E-state index contributed by atoms with van der Waals surface area (Å²) in [5, 5.41) is 6.83. The van der Waals surface area contributed by atoms with Gasteiger partial charge in [-0.3, -0.25) is 14.6 Å². The van der Waals surface area contributed by atoms with Gasteiger partial charge >= 0.3 is 0 Å². The van der Waals surface area contributed by atoms with Gasteiger partial charge in [0.05, 0.1) is 21.9 Å². The Hall–Kier alpha value is -3.12. The molecule has 3 aromatic rings. The average molecular weight is 354 g/mol. The van der Waals surface area contributed by atoms with Crippen LogP contribution in [0.1, 0.15) is 10.4 Å². The van der Waals surface area contributed by atoms with E-state index < -0.39 is 0 Å². The first kappa shape index (κ1) is 15.4. The topological polar surface area (TPSA) is 80.3 Å². The zero-order valence-electron chi connectivity index (χ0n) is 12.9. The van der Waals surface area contributed by atoms with Crippen LogP contribution in [0.4, 0.5) is 11.4 Å². The Kier molecular flexibility index (Phi) is 3.74. The lowest BCUT2D eigenvalue weighted by Gasteiger charge is -2.18. The van der Waals surface area contributed by atoms with Crippen molar-refractivity contribution in [2.75, 3.05) is 17.2 Å². The third-order valence-electron chi connectivity index (χ3n) is 3.85. The van der Waals surface area contributed by atoms with Crippen molar-refractivity contribution in [3.05, 3.63) is 59.2 Å². The molecule has 2 N–H and O–H groups in total. The second-order valence-corrected chi connectivity index (χ2v) is 5.90. The van der Waals surface area contributed by atoms with Crippen molar-refractivity contribution in [3.8, 4) is 5.75 Å². The summed E-state index contributed by atoms with van der Waals surface area (Å²) < 4.78 is 5.34. The molecule has 0 atom stereocenters. The van der Waals surface area contributed by atoms with E-state index in [2.05, 4.69) is 15.6 Å². The standard InChI is InChI=1S/C18H12ClN3O3/c19-12-4-6-13(11-2-1-7-20-17(11)12)22-18(24)10-3-5-14-15(8-10)25-9-16(23)21-14/h1-8H,9H2,(H,21,23)(H,22,24). The molecule has 0 saturated heterocycles. The summed E-state index contributed by atoms with van der Waals surface area (Å²) >= 11 is 6.15. The smallest absolute Gasteiger partial charge is 0.262 e. The monoisotopic (exact) mass is 353 g/mol. The maximum absolute atomic E-state index is 12.6. The van der Waals surface area contributed by atoms with Crippen LogP contribution < -0.4 is 15.4 Å². The van der Waals surface area contributed by atoms with Gasteiger partial charge in [-0.15, -0.1) is 0 Å². The van der Waals surface area contributed by atoms with Crippen molar-refractivity contribution in [2.24, 2.45) is 0 Å². The maximum Gasteiger partial charge on any atom is 0.262 e. The second kappa shape index (κ2) is 6.07. The van der Waals surface area contributed by atoms with Crippen LogP contribution in [0.25, 0.3) is 10.9 Å². The van der Waals surface area contributed by atoms with Crippen LogP contribution in [0.3, 0.4) is 0 Å². The maximum atomic E-state index is 12.6. The number of amides is 2. The van der Waals surface area contributed by atoms with Crippen molar-refractivity contribution in [1.82, 2.24) is 4.98 Å². The van der Waals surface area contributed by atoms with E-state index in [1.54, 1.807) is 42.6 Å². The van der Waals surface area contributed by atoms with Gasteiger partial charge in [-0.2, -0.15) is 0 Å². The largest absolute Gasteiger partial charge is 0.482 e. The quantitative estimate of drug-likeness (QED) is 0.739. The van der Waals surface area contributed by atoms with Crippen molar-refractivity contribution >= 4 is 45.7 Å². The number of aromatic nitrogens is 1. The van der Waals surface area contributed by atoms with E-state index in [1.165, 1.54) is 0 Å². The molecule has 0 aliphatic carbocycles. The molecule has 2 heterocycles. The third kappa shape index (κ3) is 2.88. The number of halogens is 1. The number of rotatable bonds is 2. The molecule has 0 unspecified atom stereocenters. The number of hydrogen-bond acceptors (Lipinski definition) is 4. The molecular weight excluding hydrogens is 342 g/mol. The van der Waals surface area contributed by atoms with E-state index in [0.29, 0.717) is 33.2 Å². The Bertz CT molecular complexity index is 1020. The fourth-order valence-electron chi connectivity index (χ4n) is 2.66. The molecule has 1 aliphatic heterocycles. The zero-order chi connectivity index (χ0) is 17.4. The predicted molar refractivity (Wildman–Crippen MR) is 95.3 cm³/mol. The number of pyridine rings is 1. The molecule has 0 radical (unpaired) electrons. The molecule has 4 rings (SSSR count). The van der Waals surface area contributed by atoms with Crippen molar-refractivity contribution in [1.29, 1.82) is 0 Å². The molecule has 0 fully saturated rings. The van der Waals surface area contributed by atoms with Gasteiger partial charge in [-0.25, -0.2) is 0 Å². The molecule has 124 valence electrons. The van der Waals surface area contributed by atoms with E-state index in [4.69, 9.17) is 16.3 Å². The molecular formula is C18H12ClN3O3. The lowest BCUT2D eigenvalue weighted by Crippen LogP contribution is -2.25. The molecule has 0 saturated carbocycles. The Morgan fingerprint density at radius 3 is 3.00 bits per heavy atom. The highest BCUT2D eigenvalue weighted by Gasteiger charge is 2.18. The van der Waals surface area contributed by atoms with Gasteiger partial charge in [0, 0.05) is 17.1 Å². The van der Waals surface area contributed by atoms with Gasteiger partial charge in [-0.05, 0) is 42.5 Å². The van der Waals surface area contributed by atoms with Crippen LogP contribution >= 0.6 is 11.6 Å². The second-order valence-electron chi connectivity index (χ2n) is 5.50. The first-order valence-electron chi connectivity index (χ1n) is 7.53. The number of carbonyl (C=O) groups is 2. The number of ether oxygens (including phenoxy) is 1. The van der Waals surface area contributed by atoms with E-state index in [1.807, 2.05) is 6.07 Å². The Balaban J connectivity index is 1.65. The van der Waals surface area contributed by atoms with Crippen LogP contribution in [-0.4, -0.2) is 23.4 Å². The molecule has 6 nitrogen and oxygen atoms in total. The molecule has 1 aromatic heterocycles. The van der Waals surface area contributed by atoms with Crippen LogP contribution in [0.2, 0.25) is 5.02 Å². The molecule has 25 heavy (non-hydrogen) atoms. The summed E-state index contributed by atoms with van der Waals surface area (Å²) in [7, 11) is 0. The molecule has 7 heteroatoms. The number of fused-ring (bicyclic) bond motifs is 2. The number of nitrogens with zero attached hydrogens (tertiary/aromatic N) is 1. The number of anilines is 2. The summed E-state index contributed by atoms with van der Waals surface area (Å²) in [5.41, 5.74) is 2.21. The van der Waals surface area contributed by atoms with Gasteiger partial charge in [0.2, 0.25) is 0 Å². The highest BCUT2D eigenvalue weighted by molar-refractivity contribution is 6.35. The van der Waals surface area contributed by atoms with E-state index >= 15 is 0 Å². The van der Waals surface area contributed by atoms with Gasteiger partial charge in [0.1, 0.15) is 5.75 Å². The highest BCUT2D eigenvalue weighted by Crippen LogP contribution is 2.30. The SMILES string of the molecule is O=C1COc2cc(C(=O)Nc3ccc(Cl)c4ncccc34)ccc2N1. The number of hydrogen-bond donors (Lipinski definition) is 2. The van der Waals surface area contributed by atoms with E-state index in [-0.39, 0.29) is 18.4 Å². The summed E-state index contributed by atoms with van der Waals surface area (Å²) in [6.45, 7) is -0.0639. The fraction of sp³-hybridized carbons (Fsp3) is 0.0556. The lowest BCUT2D eigenvalue weighted by atomic mass is 10.1. The fourth-order valence-corrected chi connectivity index (χ4v) is 2.87. The Morgan fingerprint density at radius 2 is 2.12 bits per heavy atom. The van der Waals surface area contributed by atoms with Gasteiger partial charge < -0.3 is 15.4 Å². The Morgan fingerprint density at radius 1 is 1.24 bits per heavy atom. The number of carbonyl (C=O) groups excluding carboxylic acids is 2. The van der Waals surface area contributed by atoms with Crippen LogP contribution in [0.15, 0.2) is 48.7 Å². The molecule has 2 aromatic carbocycles. The van der Waals surface area contributed by atoms with Crippen molar-refractivity contribution < 1.29 is 14.3 Å². The predicted octanol–water partition coefficient (Wildman–Crippen LogP) is 3.47. The third-order valence-corrected chi connectivity index (χ3v) is 4.15. The van der Waals surface area contributed by atoms with Crippen molar-refractivity contribution in [2.45, 2.75) is 0 Å². The summed E-state index contributed by atoms with van der Waals surface area (Å²) in [4.78, 5) is 28.1.